The monoisotopic (exact) mass is 446 g/mol. The normalized spacial score (nSPS) is 16.7. The molecule has 0 spiro atoms. The van der Waals surface area contributed by atoms with Crippen molar-refractivity contribution in [3.05, 3.63) is 44.9 Å². The Morgan fingerprint density at radius 1 is 1.43 bits per heavy atom. The fraction of sp³-hybridized carbons (Fsp3) is 0.400. The maximum absolute atomic E-state index is 12.8. The topological polar surface area (TPSA) is 105 Å². The van der Waals surface area contributed by atoms with E-state index in [9.17, 15) is 9.59 Å². The smallest absolute Gasteiger partial charge is 0.261 e. The highest BCUT2D eigenvalue weighted by Gasteiger charge is 2.31. The third-order valence-corrected chi connectivity index (χ3v) is 6.80. The van der Waals surface area contributed by atoms with Crippen molar-refractivity contribution >= 4 is 44.7 Å². The second-order valence-electron chi connectivity index (χ2n) is 6.91. The number of aryl methyl sites for hydroxylation is 1. The summed E-state index contributed by atoms with van der Waals surface area (Å²) in [7, 11) is 0. The standard InChI is InChI=1S/C20H22N4O4S2/c1-12-23-13(11-29-12)9-16(26)24-6-8-28-15(10-24)17-14-3-2-4-22-20(14)30-18(17)19(27)21-5-7-25/h2-4,11,15,25H,5-10H2,1H3,(H,21,27)/t15-/m0/s1. The molecule has 3 aromatic heterocycles. The Kier molecular flexibility index (Phi) is 6.38. The summed E-state index contributed by atoms with van der Waals surface area (Å²) in [5.41, 5.74) is 1.53. The van der Waals surface area contributed by atoms with E-state index in [0.29, 0.717) is 24.6 Å². The molecule has 0 bridgehead atoms. The Labute approximate surface area is 181 Å². The van der Waals surface area contributed by atoms with Crippen molar-refractivity contribution in [3.63, 3.8) is 0 Å². The van der Waals surface area contributed by atoms with Gasteiger partial charge in [-0.15, -0.1) is 22.7 Å². The van der Waals surface area contributed by atoms with Gasteiger partial charge in [0.1, 0.15) is 15.8 Å². The predicted molar refractivity (Wildman–Crippen MR) is 115 cm³/mol. The number of thiophene rings is 1. The van der Waals surface area contributed by atoms with Crippen LogP contribution in [0.15, 0.2) is 23.7 Å². The van der Waals surface area contributed by atoms with Gasteiger partial charge < -0.3 is 20.1 Å². The largest absolute Gasteiger partial charge is 0.395 e. The molecule has 30 heavy (non-hydrogen) atoms. The van der Waals surface area contributed by atoms with E-state index in [2.05, 4.69) is 15.3 Å². The average Bonchev–Trinajstić information content (AvgIpc) is 3.35. The number of morpholine rings is 1. The molecule has 1 aliphatic heterocycles. The van der Waals surface area contributed by atoms with Crippen LogP contribution >= 0.6 is 22.7 Å². The third-order valence-electron chi connectivity index (χ3n) is 4.85. The minimum absolute atomic E-state index is 0.00228. The first-order chi connectivity index (χ1) is 14.6. The summed E-state index contributed by atoms with van der Waals surface area (Å²) in [5.74, 6) is -0.274. The van der Waals surface area contributed by atoms with E-state index in [1.54, 1.807) is 11.1 Å². The maximum atomic E-state index is 12.8. The van der Waals surface area contributed by atoms with Crippen molar-refractivity contribution < 1.29 is 19.4 Å². The van der Waals surface area contributed by atoms with Crippen molar-refractivity contribution in [1.29, 1.82) is 0 Å². The van der Waals surface area contributed by atoms with Crippen LogP contribution in [0, 0.1) is 6.92 Å². The molecule has 3 aromatic rings. The van der Waals surface area contributed by atoms with E-state index in [1.165, 1.54) is 22.7 Å². The highest BCUT2D eigenvalue weighted by Crippen LogP contribution is 2.37. The zero-order valence-corrected chi connectivity index (χ0v) is 18.1. The van der Waals surface area contributed by atoms with Gasteiger partial charge in [-0.1, -0.05) is 6.07 Å². The molecular formula is C20H22N4O4S2. The number of amides is 2. The zero-order valence-electron chi connectivity index (χ0n) is 16.5. The van der Waals surface area contributed by atoms with Gasteiger partial charge in [0.05, 0.1) is 36.9 Å². The van der Waals surface area contributed by atoms with Crippen LogP contribution in [0.3, 0.4) is 0 Å². The van der Waals surface area contributed by atoms with Gasteiger partial charge in [0.25, 0.3) is 5.91 Å². The minimum atomic E-state index is -0.423. The second-order valence-corrected chi connectivity index (χ2v) is 8.98. The number of aliphatic hydroxyl groups excluding tert-OH is 1. The van der Waals surface area contributed by atoms with E-state index in [-0.39, 0.29) is 31.4 Å². The number of rotatable bonds is 6. The SMILES string of the molecule is Cc1nc(CC(=O)N2CCO[C@H](c3c(C(=O)NCCO)sc4ncccc34)C2)cs1. The predicted octanol–water partition coefficient (Wildman–Crippen LogP) is 1.93. The van der Waals surface area contributed by atoms with Gasteiger partial charge in [-0.3, -0.25) is 9.59 Å². The number of aliphatic hydroxyl groups is 1. The highest BCUT2D eigenvalue weighted by molar-refractivity contribution is 7.20. The first-order valence-corrected chi connectivity index (χ1v) is 11.3. The molecule has 158 valence electrons. The summed E-state index contributed by atoms with van der Waals surface area (Å²) in [4.78, 5) is 37.3. The fourth-order valence-corrected chi connectivity index (χ4v) is 5.22. The number of nitrogens with one attached hydrogen (secondary N) is 1. The Balaban J connectivity index is 1.59. The average molecular weight is 447 g/mol. The molecule has 0 aromatic carbocycles. The molecule has 0 radical (unpaired) electrons. The number of pyridine rings is 1. The molecule has 1 aliphatic rings. The van der Waals surface area contributed by atoms with E-state index in [1.807, 2.05) is 24.4 Å². The molecule has 1 saturated heterocycles. The van der Waals surface area contributed by atoms with Crippen LogP contribution in [0.4, 0.5) is 0 Å². The van der Waals surface area contributed by atoms with Crippen LogP contribution in [0.2, 0.25) is 0 Å². The van der Waals surface area contributed by atoms with Crippen LogP contribution in [0.1, 0.15) is 32.0 Å². The summed E-state index contributed by atoms with van der Waals surface area (Å²) in [6.45, 7) is 3.21. The van der Waals surface area contributed by atoms with E-state index < -0.39 is 6.10 Å². The number of carbonyl (C=O) groups excluding carboxylic acids is 2. The van der Waals surface area contributed by atoms with Crippen molar-refractivity contribution in [2.75, 3.05) is 32.8 Å². The van der Waals surface area contributed by atoms with Gasteiger partial charge in [-0.25, -0.2) is 9.97 Å². The third kappa shape index (κ3) is 4.36. The van der Waals surface area contributed by atoms with Crippen molar-refractivity contribution in [1.82, 2.24) is 20.2 Å². The quantitative estimate of drug-likeness (QED) is 0.600. The van der Waals surface area contributed by atoms with Crippen LogP contribution < -0.4 is 5.32 Å². The molecule has 0 saturated carbocycles. The molecule has 4 rings (SSSR count). The Morgan fingerprint density at radius 3 is 3.07 bits per heavy atom. The fourth-order valence-electron chi connectivity index (χ4n) is 3.50. The Morgan fingerprint density at radius 2 is 2.30 bits per heavy atom. The zero-order chi connectivity index (χ0) is 21.1. The van der Waals surface area contributed by atoms with E-state index in [0.717, 1.165) is 26.5 Å². The van der Waals surface area contributed by atoms with Crippen LogP contribution in [0.5, 0.6) is 0 Å². The van der Waals surface area contributed by atoms with E-state index >= 15 is 0 Å². The lowest BCUT2D eigenvalue weighted by molar-refractivity contribution is -0.138. The van der Waals surface area contributed by atoms with Crippen molar-refractivity contribution in [2.24, 2.45) is 0 Å². The maximum Gasteiger partial charge on any atom is 0.261 e. The molecule has 10 heteroatoms. The molecule has 1 atom stereocenters. The molecule has 4 heterocycles. The van der Waals surface area contributed by atoms with Gasteiger partial charge in [-0.05, 0) is 13.0 Å². The molecule has 1 fully saturated rings. The van der Waals surface area contributed by atoms with Gasteiger partial charge >= 0.3 is 0 Å². The Hall–Kier alpha value is -2.40. The molecule has 2 N–H and O–H groups in total. The minimum Gasteiger partial charge on any atom is -0.395 e. The van der Waals surface area contributed by atoms with Crippen LogP contribution in [-0.4, -0.2) is 64.6 Å². The van der Waals surface area contributed by atoms with Gasteiger partial charge in [0.2, 0.25) is 5.91 Å². The second kappa shape index (κ2) is 9.17. The number of fused-ring (bicyclic) bond motifs is 1. The summed E-state index contributed by atoms with van der Waals surface area (Å²) >= 11 is 2.82. The Bertz CT molecular complexity index is 1060. The number of nitrogens with zero attached hydrogens (tertiary/aromatic N) is 3. The number of hydrogen-bond donors (Lipinski definition) is 2. The van der Waals surface area contributed by atoms with Gasteiger partial charge in [0, 0.05) is 35.6 Å². The van der Waals surface area contributed by atoms with Gasteiger partial charge in [0.15, 0.2) is 0 Å². The number of ether oxygens (including phenoxy) is 1. The lowest BCUT2D eigenvalue weighted by Crippen LogP contribution is -2.43. The highest BCUT2D eigenvalue weighted by atomic mass is 32.1. The van der Waals surface area contributed by atoms with E-state index in [4.69, 9.17) is 9.84 Å². The van der Waals surface area contributed by atoms with Crippen molar-refractivity contribution in [2.45, 2.75) is 19.4 Å². The summed E-state index contributed by atoms with van der Waals surface area (Å²) in [5, 5.41) is 15.5. The first-order valence-electron chi connectivity index (χ1n) is 9.63. The molecule has 2 amide bonds. The van der Waals surface area contributed by atoms with Crippen LogP contribution in [-0.2, 0) is 16.0 Å². The summed E-state index contributed by atoms with van der Waals surface area (Å²) in [6.07, 6.45) is 1.52. The number of thiazole rings is 1. The van der Waals surface area contributed by atoms with Crippen LogP contribution in [0.25, 0.3) is 10.2 Å². The molecule has 8 nitrogen and oxygen atoms in total. The number of aromatic nitrogens is 2. The number of hydrogen-bond acceptors (Lipinski definition) is 8. The molecule has 0 unspecified atom stereocenters. The first kappa shape index (κ1) is 20.9. The van der Waals surface area contributed by atoms with Gasteiger partial charge in [-0.2, -0.15) is 0 Å². The number of carbonyl (C=O) groups is 2. The lowest BCUT2D eigenvalue weighted by Gasteiger charge is -2.33. The summed E-state index contributed by atoms with van der Waals surface area (Å²) in [6, 6.07) is 3.74. The molecular weight excluding hydrogens is 424 g/mol. The summed E-state index contributed by atoms with van der Waals surface area (Å²) < 4.78 is 6.00. The van der Waals surface area contributed by atoms with Crippen molar-refractivity contribution in [3.8, 4) is 0 Å². The molecule has 0 aliphatic carbocycles. The lowest BCUT2D eigenvalue weighted by atomic mass is 10.0.